The van der Waals surface area contributed by atoms with Gasteiger partial charge in [-0.3, -0.25) is 14.4 Å². The quantitative estimate of drug-likeness (QED) is 0.726. The van der Waals surface area contributed by atoms with Gasteiger partial charge in [0.2, 0.25) is 5.91 Å². The molecule has 1 saturated heterocycles. The summed E-state index contributed by atoms with van der Waals surface area (Å²) in [6.45, 7) is 0.507. The van der Waals surface area contributed by atoms with Gasteiger partial charge >= 0.3 is 0 Å². The van der Waals surface area contributed by atoms with E-state index >= 15 is 0 Å². The predicted octanol–water partition coefficient (Wildman–Crippen LogP) is 3.28. The Kier molecular flexibility index (Phi) is 4.36. The summed E-state index contributed by atoms with van der Waals surface area (Å²) in [5, 5.41) is 0. The smallest absolute Gasteiger partial charge is 0.256 e. The highest BCUT2D eigenvalue weighted by molar-refractivity contribution is 9.10. The maximum Gasteiger partial charge on any atom is 0.256 e. The van der Waals surface area contributed by atoms with Gasteiger partial charge in [0.15, 0.2) is 5.78 Å². The molecule has 26 heavy (non-hydrogen) atoms. The van der Waals surface area contributed by atoms with Gasteiger partial charge in [0.25, 0.3) is 5.91 Å². The summed E-state index contributed by atoms with van der Waals surface area (Å²) in [6, 6.07) is 13.6. The molecule has 1 fully saturated rings. The molecule has 1 atom stereocenters. The summed E-state index contributed by atoms with van der Waals surface area (Å²) < 4.78 is 0.887. The Labute approximate surface area is 159 Å². The monoisotopic (exact) mass is 412 g/mol. The summed E-state index contributed by atoms with van der Waals surface area (Å²) in [6.07, 6.45) is 1.44. The number of carbonyl (C=O) groups excluding carboxylic acids is 3. The molecule has 0 aromatic heterocycles. The van der Waals surface area contributed by atoms with Gasteiger partial charge in [-0.25, -0.2) is 0 Å². The fourth-order valence-electron chi connectivity index (χ4n) is 3.64. The third-order valence-corrected chi connectivity index (χ3v) is 5.49. The molecule has 5 nitrogen and oxygen atoms in total. The van der Waals surface area contributed by atoms with E-state index in [-0.39, 0.29) is 24.1 Å². The third kappa shape index (κ3) is 2.84. The second kappa shape index (κ2) is 6.68. The molecule has 0 aliphatic carbocycles. The van der Waals surface area contributed by atoms with Crippen molar-refractivity contribution >= 4 is 39.2 Å². The number of ketones is 1. The normalized spacial score (nSPS) is 19.2. The maximum absolute atomic E-state index is 13.1. The zero-order chi connectivity index (χ0) is 18.3. The molecule has 132 valence electrons. The number of carbonyl (C=O) groups is 3. The van der Waals surface area contributed by atoms with Gasteiger partial charge in [-0.1, -0.05) is 40.2 Å². The Morgan fingerprint density at radius 3 is 2.58 bits per heavy atom. The Bertz CT molecular complexity index is 894. The molecule has 0 radical (unpaired) electrons. The second-order valence-electron chi connectivity index (χ2n) is 6.53. The van der Waals surface area contributed by atoms with Crippen LogP contribution in [0.2, 0.25) is 0 Å². The van der Waals surface area contributed by atoms with E-state index in [9.17, 15) is 14.4 Å². The van der Waals surface area contributed by atoms with Gasteiger partial charge in [0.1, 0.15) is 6.04 Å². The molecule has 0 bridgehead atoms. The molecule has 0 saturated carbocycles. The Morgan fingerprint density at radius 1 is 1.08 bits per heavy atom. The minimum absolute atomic E-state index is 0.0743. The van der Waals surface area contributed by atoms with E-state index in [2.05, 4.69) is 15.9 Å². The second-order valence-corrected chi connectivity index (χ2v) is 7.44. The lowest BCUT2D eigenvalue weighted by molar-refractivity contribution is -0.122. The number of hydrogen-bond acceptors (Lipinski definition) is 3. The average Bonchev–Trinajstić information content (AvgIpc) is 3.12. The van der Waals surface area contributed by atoms with Gasteiger partial charge in [-0.2, -0.15) is 0 Å². The number of hydrogen-bond donors (Lipinski definition) is 0. The number of anilines is 1. The molecule has 2 amide bonds. The first-order valence-electron chi connectivity index (χ1n) is 8.56. The van der Waals surface area contributed by atoms with E-state index in [1.165, 1.54) is 4.90 Å². The van der Waals surface area contributed by atoms with Crippen LogP contribution in [0.1, 0.15) is 33.6 Å². The number of rotatable bonds is 3. The third-order valence-electron chi connectivity index (χ3n) is 4.96. The van der Waals surface area contributed by atoms with Crippen molar-refractivity contribution in [1.82, 2.24) is 4.90 Å². The minimum atomic E-state index is -0.479. The van der Waals surface area contributed by atoms with Gasteiger partial charge in [0.05, 0.1) is 17.8 Å². The van der Waals surface area contributed by atoms with E-state index in [4.69, 9.17) is 0 Å². The van der Waals surface area contributed by atoms with Gasteiger partial charge < -0.3 is 9.80 Å². The van der Waals surface area contributed by atoms with E-state index < -0.39 is 6.04 Å². The van der Waals surface area contributed by atoms with Crippen molar-refractivity contribution in [1.29, 1.82) is 0 Å². The topological polar surface area (TPSA) is 57.7 Å². The Morgan fingerprint density at radius 2 is 1.81 bits per heavy atom. The van der Waals surface area contributed by atoms with Crippen LogP contribution in [0.3, 0.4) is 0 Å². The molecule has 2 heterocycles. The van der Waals surface area contributed by atoms with E-state index in [0.717, 1.165) is 10.9 Å². The molecule has 6 heteroatoms. The first-order chi connectivity index (χ1) is 12.6. The van der Waals surface area contributed by atoms with Crippen molar-refractivity contribution in [2.75, 3.05) is 18.0 Å². The lowest BCUT2D eigenvalue weighted by atomic mass is 10.1. The van der Waals surface area contributed by atoms with Crippen LogP contribution < -0.4 is 4.90 Å². The van der Waals surface area contributed by atoms with Crippen molar-refractivity contribution in [3.8, 4) is 0 Å². The first kappa shape index (κ1) is 17.0. The standard InChI is InChI=1S/C20H17BrN2O3/c21-14-9-7-13(8-10-14)18(24)12-23-16-5-2-1-4-15(16)19(25)22-11-3-6-17(22)20(23)26/h1-2,4-5,7-10,17H,3,6,11-12H2. The molecule has 2 aromatic rings. The van der Waals surface area contributed by atoms with E-state index in [1.807, 2.05) is 0 Å². The van der Waals surface area contributed by atoms with Crippen LogP contribution in [-0.2, 0) is 4.79 Å². The van der Waals surface area contributed by atoms with Gasteiger partial charge in [-0.15, -0.1) is 0 Å². The number of amides is 2. The van der Waals surface area contributed by atoms with Gasteiger partial charge in [-0.05, 0) is 37.1 Å². The highest BCUT2D eigenvalue weighted by Gasteiger charge is 2.42. The maximum atomic E-state index is 13.1. The lowest BCUT2D eigenvalue weighted by Gasteiger charge is -2.25. The molecular weight excluding hydrogens is 396 g/mol. The first-order valence-corrected chi connectivity index (χ1v) is 9.36. The van der Waals surface area contributed by atoms with Crippen molar-refractivity contribution in [3.63, 3.8) is 0 Å². The molecule has 4 rings (SSSR count). The molecular formula is C20H17BrN2O3. The molecule has 2 aromatic carbocycles. The molecule has 1 unspecified atom stereocenters. The number of nitrogens with zero attached hydrogens (tertiary/aromatic N) is 2. The number of fused-ring (bicyclic) bond motifs is 2. The van der Waals surface area contributed by atoms with Crippen LogP contribution in [0.4, 0.5) is 5.69 Å². The summed E-state index contributed by atoms with van der Waals surface area (Å²) in [4.78, 5) is 41.9. The summed E-state index contributed by atoms with van der Waals surface area (Å²) in [5.74, 6) is -0.458. The number of Topliss-reactive ketones (excluding diaryl/α,β-unsaturated/α-hetero) is 1. The van der Waals surface area contributed by atoms with Crippen LogP contribution in [0, 0.1) is 0 Å². The van der Waals surface area contributed by atoms with Crippen LogP contribution >= 0.6 is 15.9 Å². The SMILES string of the molecule is O=C(CN1C(=O)C2CCCN2C(=O)c2ccccc21)c1ccc(Br)cc1. The molecule has 0 spiro atoms. The van der Waals surface area contributed by atoms with Gasteiger partial charge in [0, 0.05) is 16.6 Å². The summed E-state index contributed by atoms with van der Waals surface area (Å²) in [5.41, 5.74) is 1.54. The van der Waals surface area contributed by atoms with Crippen molar-refractivity contribution in [2.45, 2.75) is 18.9 Å². The van der Waals surface area contributed by atoms with Crippen molar-refractivity contribution in [2.24, 2.45) is 0 Å². The Balaban J connectivity index is 1.72. The molecule has 2 aliphatic heterocycles. The number of para-hydroxylation sites is 1. The van der Waals surface area contributed by atoms with E-state index in [0.29, 0.717) is 29.8 Å². The predicted molar refractivity (Wildman–Crippen MR) is 101 cm³/mol. The molecule has 0 N–H and O–H groups in total. The average molecular weight is 413 g/mol. The number of benzene rings is 2. The Hall–Kier alpha value is -2.47. The zero-order valence-corrected chi connectivity index (χ0v) is 15.6. The highest BCUT2D eigenvalue weighted by atomic mass is 79.9. The highest BCUT2D eigenvalue weighted by Crippen LogP contribution is 2.32. The summed E-state index contributed by atoms with van der Waals surface area (Å²) in [7, 11) is 0. The van der Waals surface area contributed by atoms with Crippen molar-refractivity contribution < 1.29 is 14.4 Å². The van der Waals surface area contributed by atoms with E-state index in [1.54, 1.807) is 53.4 Å². The zero-order valence-electron chi connectivity index (χ0n) is 14.0. The fraction of sp³-hybridized carbons (Fsp3) is 0.250. The largest absolute Gasteiger partial charge is 0.327 e. The van der Waals surface area contributed by atoms with Crippen molar-refractivity contribution in [3.05, 3.63) is 64.1 Å². The lowest BCUT2D eigenvalue weighted by Crippen LogP contribution is -2.46. The van der Waals surface area contributed by atoms with Crippen LogP contribution in [0.25, 0.3) is 0 Å². The fourth-order valence-corrected chi connectivity index (χ4v) is 3.91. The summed E-state index contributed by atoms with van der Waals surface area (Å²) >= 11 is 3.35. The van der Waals surface area contributed by atoms with Crippen LogP contribution in [0.15, 0.2) is 53.0 Å². The number of halogens is 1. The molecule has 2 aliphatic rings. The van der Waals surface area contributed by atoms with Crippen LogP contribution in [0.5, 0.6) is 0 Å². The minimum Gasteiger partial charge on any atom is -0.327 e. The van der Waals surface area contributed by atoms with Crippen LogP contribution in [-0.4, -0.2) is 41.6 Å².